The molecule has 0 saturated carbocycles. The molecule has 21 heavy (non-hydrogen) atoms. The standard InChI is InChI=1S/C17H21NO3/c1-20-15-7-9-16(10-8-15)21-12-11-17(19,13-18)14-5-3-2-4-6-14/h2-10,19H,11-13,18H2,1H3. The van der Waals surface area contributed by atoms with Gasteiger partial charge in [0, 0.05) is 13.0 Å². The number of nitrogens with two attached hydrogens (primary N) is 1. The number of benzene rings is 2. The summed E-state index contributed by atoms with van der Waals surface area (Å²) in [5, 5.41) is 10.6. The lowest BCUT2D eigenvalue weighted by atomic mass is 9.91. The highest BCUT2D eigenvalue weighted by molar-refractivity contribution is 5.31. The van der Waals surface area contributed by atoms with E-state index in [0.717, 1.165) is 17.1 Å². The van der Waals surface area contributed by atoms with Crippen LogP contribution in [0.25, 0.3) is 0 Å². The Morgan fingerprint density at radius 3 is 2.19 bits per heavy atom. The van der Waals surface area contributed by atoms with Crippen molar-refractivity contribution < 1.29 is 14.6 Å². The highest BCUT2D eigenvalue weighted by atomic mass is 16.5. The predicted molar refractivity (Wildman–Crippen MR) is 82.5 cm³/mol. The van der Waals surface area contributed by atoms with Crippen LogP contribution in [-0.2, 0) is 5.60 Å². The first kappa shape index (κ1) is 15.4. The van der Waals surface area contributed by atoms with Crippen LogP contribution in [0, 0.1) is 0 Å². The highest BCUT2D eigenvalue weighted by Crippen LogP contribution is 2.24. The van der Waals surface area contributed by atoms with Crippen molar-refractivity contribution in [2.24, 2.45) is 5.73 Å². The fourth-order valence-electron chi connectivity index (χ4n) is 2.12. The van der Waals surface area contributed by atoms with Gasteiger partial charge in [-0.1, -0.05) is 30.3 Å². The maximum absolute atomic E-state index is 10.6. The van der Waals surface area contributed by atoms with Crippen LogP contribution in [0.15, 0.2) is 54.6 Å². The van der Waals surface area contributed by atoms with Gasteiger partial charge in [0.15, 0.2) is 0 Å². The van der Waals surface area contributed by atoms with Gasteiger partial charge in [-0.3, -0.25) is 0 Å². The summed E-state index contributed by atoms with van der Waals surface area (Å²) in [6.07, 6.45) is 0.430. The fraction of sp³-hybridized carbons (Fsp3) is 0.294. The number of ether oxygens (including phenoxy) is 2. The minimum atomic E-state index is -1.06. The SMILES string of the molecule is COc1ccc(OCCC(O)(CN)c2ccccc2)cc1. The van der Waals surface area contributed by atoms with Crippen molar-refractivity contribution in [3.63, 3.8) is 0 Å². The second-order valence-corrected chi connectivity index (χ2v) is 4.88. The molecule has 1 unspecified atom stereocenters. The molecule has 3 N–H and O–H groups in total. The number of methoxy groups -OCH3 is 1. The molecule has 112 valence electrons. The Morgan fingerprint density at radius 2 is 1.62 bits per heavy atom. The lowest BCUT2D eigenvalue weighted by Gasteiger charge is -2.27. The van der Waals surface area contributed by atoms with Crippen molar-refractivity contribution in [3.05, 3.63) is 60.2 Å². The maximum atomic E-state index is 10.6. The molecule has 0 aliphatic heterocycles. The summed E-state index contributed by atoms with van der Waals surface area (Å²) in [6.45, 7) is 0.540. The van der Waals surface area contributed by atoms with Crippen LogP contribution < -0.4 is 15.2 Å². The number of aliphatic hydroxyl groups is 1. The van der Waals surface area contributed by atoms with Gasteiger partial charge >= 0.3 is 0 Å². The average Bonchev–Trinajstić information content (AvgIpc) is 2.56. The quantitative estimate of drug-likeness (QED) is 0.820. The van der Waals surface area contributed by atoms with E-state index < -0.39 is 5.60 Å². The van der Waals surface area contributed by atoms with E-state index in [1.807, 2.05) is 54.6 Å². The molecule has 0 heterocycles. The number of hydrogen-bond donors (Lipinski definition) is 2. The molecule has 2 aromatic carbocycles. The van der Waals surface area contributed by atoms with E-state index in [9.17, 15) is 5.11 Å². The second-order valence-electron chi connectivity index (χ2n) is 4.88. The van der Waals surface area contributed by atoms with Crippen LogP contribution in [0.4, 0.5) is 0 Å². The molecular formula is C17H21NO3. The highest BCUT2D eigenvalue weighted by Gasteiger charge is 2.27. The van der Waals surface area contributed by atoms with Crippen LogP contribution in [0.5, 0.6) is 11.5 Å². The Morgan fingerprint density at radius 1 is 1.00 bits per heavy atom. The second kappa shape index (κ2) is 7.11. The van der Waals surface area contributed by atoms with Crippen molar-refractivity contribution in [1.29, 1.82) is 0 Å². The first-order valence-corrected chi connectivity index (χ1v) is 6.93. The molecule has 1 atom stereocenters. The van der Waals surface area contributed by atoms with Crippen molar-refractivity contribution in [2.45, 2.75) is 12.0 Å². The van der Waals surface area contributed by atoms with Gasteiger partial charge in [0.05, 0.1) is 13.7 Å². The molecule has 0 bridgehead atoms. The smallest absolute Gasteiger partial charge is 0.119 e. The van der Waals surface area contributed by atoms with Gasteiger partial charge < -0.3 is 20.3 Å². The molecule has 0 aliphatic rings. The summed E-state index contributed by atoms with van der Waals surface area (Å²) in [5.74, 6) is 1.52. The minimum absolute atomic E-state index is 0.156. The topological polar surface area (TPSA) is 64.7 Å². The van der Waals surface area contributed by atoms with Crippen molar-refractivity contribution >= 4 is 0 Å². The third-order valence-corrected chi connectivity index (χ3v) is 3.49. The lowest BCUT2D eigenvalue weighted by molar-refractivity contribution is 0.0233. The number of hydrogen-bond acceptors (Lipinski definition) is 4. The Labute approximate surface area is 125 Å². The molecule has 0 saturated heterocycles. The van der Waals surface area contributed by atoms with E-state index in [2.05, 4.69) is 0 Å². The molecule has 2 aromatic rings. The van der Waals surface area contributed by atoms with Crippen molar-refractivity contribution in [1.82, 2.24) is 0 Å². The summed E-state index contributed by atoms with van der Waals surface area (Å²) >= 11 is 0. The van der Waals surface area contributed by atoms with Gasteiger partial charge in [0.1, 0.15) is 17.1 Å². The first-order chi connectivity index (χ1) is 10.2. The van der Waals surface area contributed by atoms with Gasteiger partial charge in [-0.05, 0) is 29.8 Å². The lowest BCUT2D eigenvalue weighted by Crippen LogP contribution is -2.36. The van der Waals surface area contributed by atoms with E-state index in [1.54, 1.807) is 7.11 Å². The summed E-state index contributed by atoms with van der Waals surface area (Å²) in [6, 6.07) is 16.8. The largest absolute Gasteiger partial charge is 0.497 e. The molecule has 0 aliphatic carbocycles. The zero-order chi connectivity index (χ0) is 15.1. The van der Waals surface area contributed by atoms with Crippen LogP contribution >= 0.6 is 0 Å². The zero-order valence-corrected chi connectivity index (χ0v) is 12.2. The minimum Gasteiger partial charge on any atom is -0.497 e. The maximum Gasteiger partial charge on any atom is 0.119 e. The average molecular weight is 287 g/mol. The summed E-state index contributed by atoms with van der Waals surface area (Å²) < 4.78 is 10.7. The predicted octanol–water partition coefficient (Wildman–Crippen LogP) is 2.31. The fourth-order valence-corrected chi connectivity index (χ4v) is 2.12. The number of rotatable bonds is 7. The van der Waals surface area contributed by atoms with Crippen molar-refractivity contribution in [3.8, 4) is 11.5 Å². The first-order valence-electron chi connectivity index (χ1n) is 6.93. The Kier molecular flexibility index (Phi) is 5.20. The molecule has 2 rings (SSSR count). The summed E-state index contributed by atoms with van der Waals surface area (Å²) in [7, 11) is 1.62. The Balaban J connectivity index is 1.94. The van der Waals surface area contributed by atoms with Gasteiger partial charge in [-0.2, -0.15) is 0 Å². The van der Waals surface area contributed by atoms with Crippen LogP contribution in [0.2, 0.25) is 0 Å². The van der Waals surface area contributed by atoms with Crippen LogP contribution in [0.1, 0.15) is 12.0 Å². The molecule has 0 amide bonds. The Hall–Kier alpha value is -2.04. The van der Waals surface area contributed by atoms with Gasteiger partial charge in [0.25, 0.3) is 0 Å². The van der Waals surface area contributed by atoms with E-state index in [1.165, 1.54) is 0 Å². The molecule has 0 fully saturated rings. The van der Waals surface area contributed by atoms with E-state index in [0.29, 0.717) is 13.0 Å². The molecule has 4 nitrogen and oxygen atoms in total. The van der Waals surface area contributed by atoms with E-state index in [-0.39, 0.29) is 6.54 Å². The van der Waals surface area contributed by atoms with Gasteiger partial charge in [-0.15, -0.1) is 0 Å². The van der Waals surface area contributed by atoms with E-state index in [4.69, 9.17) is 15.2 Å². The van der Waals surface area contributed by atoms with Gasteiger partial charge in [-0.25, -0.2) is 0 Å². The normalized spacial score (nSPS) is 13.5. The third-order valence-electron chi connectivity index (χ3n) is 3.49. The Bertz CT molecular complexity index is 542. The third kappa shape index (κ3) is 3.97. The molecule has 0 aromatic heterocycles. The molecule has 0 spiro atoms. The van der Waals surface area contributed by atoms with Crippen LogP contribution in [0.3, 0.4) is 0 Å². The summed E-state index contributed by atoms with van der Waals surface area (Å²) in [5.41, 5.74) is 5.48. The van der Waals surface area contributed by atoms with Crippen LogP contribution in [-0.4, -0.2) is 25.4 Å². The monoisotopic (exact) mass is 287 g/mol. The molecule has 0 radical (unpaired) electrons. The van der Waals surface area contributed by atoms with E-state index >= 15 is 0 Å². The molecular weight excluding hydrogens is 266 g/mol. The zero-order valence-electron chi connectivity index (χ0n) is 12.2. The van der Waals surface area contributed by atoms with Crippen molar-refractivity contribution in [2.75, 3.05) is 20.3 Å². The summed E-state index contributed by atoms with van der Waals surface area (Å²) in [4.78, 5) is 0. The van der Waals surface area contributed by atoms with Gasteiger partial charge in [0.2, 0.25) is 0 Å². The molecule has 4 heteroatoms.